The molecule has 0 N–H and O–H groups in total. The lowest BCUT2D eigenvalue weighted by Crippen LogP contribution is -2.53. The van der Waals surface area contributed by atoms with Gasteiger partial charge in [-0.3, -0.25) is 4.79 Å². The second-order valence-corrected chi connectivity index (χ2v) is 5.64. The Morgan fingerprint density at radius 3 is 2.94 bits per heavy atom. The summed E-state index contributed by atoms with van der Waals surface area (Å²) in [7, 11) is 0. The molecule has 92 valence electrons. The van der Waals surface area contributed by atoms with E-state index in [-0.39, 0.29) is 5.91 Å². The monoisotopic (exact) mass is 233 g/mol. The first-order chi connectivity index (χ1) is 8.21. The van der Waals surface area contributed by atoms with E-state index in [1.165, 1.54) is 19.3 Å². The van der Waals surface area contributed by atoms with Gasteiger partial charge in [-0.25, -0.2) is 0 Å². The van der Waals surface area contributed by atoms with Gasteiger partial charge >= 0.3 is 0 Å². The summed E-state index contributed by atoms with van der Waals surface area (Å²) in [5.41, 5.74) is 1.12. The first kappa shape index (κ1) is 10.9. The van der Waals surface area contributed by atoms with Crippen LogP contribution in [-0.2, 0) is 0 Å². The summed E-state index contributed by atoms with van der Waals surface area (Å²) in [6.07, 6.45) is 8.18. The van der Waals surface area contributed by atoms with Gasteiger partial charge in [-0.05, 0) is 36.7 Å². The van der Waals surface area contributed by atoms with Crippen LogP contribution in [0.1, 0.15) is 43.0 Å². The Bertz CT molecular complexity index is 406. The zero-order chi connectivity index (χ0) is 11.9. The van der Waals surface area contributed by atoms with Crippen LogP contribution in [0.5, 0.6) is 0 Å². The van der Waals surface area contributed by atoms with Gasteiger partial charge in [-0.1, -0.05) is 13.3 Å². The average molecular weight is 233 g/mol. The Kier molecular flexibility index (Phi) is 2.49. The van der Waals surface area contributed by atoms with Crippen molar-refractivity contribution in [3.63, 3.8) is 0 Å². The smallest absolute Gasteiger partial charge is 0.257 e. The number of amides is 1. The summed E-state index contributed by atoms with van der Waals surface area (Å²) in [5.74, 6) is 0.904. The molecule has 1 amide bonds. The van der Waals surface area contributed by atoms with Gasteiger partial charge in [-0.2, -0.15) is 0 Å². The molecule has 1 aliphatic carbocycles. The number of likely N-dealkylation sites (tertiary alicyclic amines) is 1. The summed E-state index contributed by atoms with van der Waals surface area (Å²) in [4.78, 5) is 14.3. The fraction of sp³-hybridized carbons (Fsp3) is 0.643. The molecule has 17 heavy (non-hydrogen) atoms. The van der Waals surface area contributed by atoms with E-state index in [2.05, 4.69) is 6.92 Å². The Balaban J connectivity index is 1.75. The lowest BCUT2D eigenvalue weighted by Gasteiger charge is -2.53. The molecule has 1 spiro atoms. The van der Waals surface area contributed by atoms with E-state index in [0.29, 0.717) is 11.0 Å². The summed E-state index contributed by atoms with van der Waals surface area (Å²) >= 11 is 0. The van der Waals surface area contributed by atoms with Gasteiger partial charge in [0.15, 0.2) is 0 Å². The van der Waals surface area contributed by atoms with Crippen LogP contribution >= 0.6 is 0 Å². The van der Waals surface area contributed by atoms with Crippen LogP contribution in [0.3, 0.4) is 0 Å². The molecule has 2 aliphatic rings. The number of nitrogens with zero attached hydrogens (tertiary/aromatic N) is 1. The molecule has 1 aromatic rings. The zero-order valence-electron chi connectivity index (χ0n) is 10.3. The third-order valence-corrected chi connectivity index (χ3v) is 4.79. The van der Waals surface area contributed by atoms with Crippen LogP contribution in [0.4, 0.5) is 0 Å². The Hall–Kier alpha value is -1.25. The molecule has 3 nitrogen and oxygen atoms in total. The maximum absolute atomic E-state index is 12.3. The Morgan fingerprint density at radius 1 is 1.53 bits per heavy atom. The standard InChI is InChI=1S/C14H19NO2/c1-11-3-7-15(10-14(11)5-2-6-14)13(16)12-4-8-17-9-12/h4,8-9,11H,2-3,5-7,10H2,1H3/t11-/m0/s1. The van der Waals surface area contributed by atoms with E-state index in [1.54, 1.807) is 18.6 Å². The van der Waals surface area contributed by atoms with Crippen molar-refractivity contribution < 1.29 is 9.21 Å². The van der Waals surface area contributed by atoms with E-state index in [1.807, 2.05) is 4.90 Å². The molecule has 0 unspecified atom stereocenters. The van der Waals surface area contributed by atoms with Gasteiger partial charge in [0.05, 0.1) is 11.8 Å². The van der Waals surface area contributed by atoms with Crippen LogP contribution in [0.15, 0.2) is 23.0 Å². The highest BCUT2D eigenvalue weighted by atomic mass is 16.3. The highest BCUT2D eigenvalue weighted by Crippen LogP contribution is 2.50. The molecule has 0 radical (unpaired) electrons. The number of piperidine rings is 1. The lowest BCUT2D eigenvalue weighted by molar-refractivity contribution is -0.0208. The summed E-state index contributed by atoms with van der Waals surface area (Å²) in [6.45, 7) is 4.18. The van der Waals surface area contributed by atoms with Crippen molar-refractivity contribution in [2.24, 2.45) is 11.3 Å². The highest BCUT2D eigenvalue weighted by Gasteiger charge is 2.46. The third-order valence-electron chi connectivity index (χ3n) is 4.79. The van der Waals surface area contributed by atoms with Gasteiger partial charge in [-0.15, -0.1) is 0 Å². The number of carbonyl (C=O) groups is 1. The van der Waals surface area contributed by atoms with Crippen molar-refractivity contribution in [2.75, 3.05) is 13.1 Å². The van der Waals surface area contributed by atoms with Crippen LogP contribution in [0, 0.1) is 11.3 Å². The molecule has 2 heterocycles. The van der Waals surface area contributed by atoms with Crippen molar-refractivity contribution in [3.8, 4) is 0 Å². The summed E-state index contributed by atoms with van der Waals surface area (Å²) in [6, 6.07) is 1.76. The molecule has 3 heteroatoms. The van der Waals surface area contributed by atoms with E-state index in [4.69, 9.17) is 4.42 Å². The molecule has 1 atom stereocenters. The molecule has 1 aromatic heterocycles. The van der Waals surface area contributed by atoms with Crippen LogP contribution in [0.2, 0.25) is 0 Å². The van der Waals surface area contributed by atoms with Crippen molar-refractivity contribution in [2.45, 2.75) is 32.6 Å². The normalized spacial score (nSPS) is 26.9. The maximum Gasteiger partial charge on any atom is 0.257 e. The summed E-state index contributed by atoms with van der Waals surface area (Å²) in [5, 5.41) is 0. The van der Waals surface area contributed by atoms with Crippen molar-refractivity contribution in [3.05, 3.63) is 24.2 Å². The predicted molar refractivity (Wildman–Crippen MR) is 64.7 cm³/mol. The van der Waals surface area contributed by atoms with Crippen LogP contribution in [-0.4, -0.2) is 23.9 Å². The van der Waals surface area contributed by atoms with Crippen molar-refractivity contribution in [1.82, 2.24) is 4.90 Å². The highest BCUT2D eigenvalue weighted by molar-refractivity contribution is 5.93. The van der Waals surface area contributed by atoms with Crippen molar-refractivity contribution >= 4 is 5.91 Å². The molecule has 0 aromatic carbocycles. The first-order valence-electron chi connectivity index (χ1n) is 6.53. The topological polar surface area (TPSA) is 33.5 Å². The van der Waals surface area contributed by atoms with E-state index in [0.717, 1.165) is 25.4 Å². The maximum atomic E-state index is 12.3. The van der Waals surface area contributed by atoms with Crippen LogP contribution < -0.4 is 0 Å². The van der Waals surface area contributed by atoms with Crippen molar-refractivity contribution in [1.29, 1.82) is 0 Å². The molecule has 2 fully saturated rings. The number of hydrogen-bond acceptors (Lipinski definition) is 2. The number of rotatable bonds is 1. The van der Waals surface area contributed by atoms with Gasteiger partial charge < -0.3 is 9.32 Å². The molecule has 3 rings (SSSR count). The minimum Gasteiger partial charge on any atom is -0.472 e. The second kappa shape index (κ2) is 3.90. The van der Waals surface area contributed by atoms with Crippen LogP contribution in [0.25, 0.3) is 0 Å². The SMILES string of the molecule is C[C@H]1CCN(C(=O)c2ccoc2)CC12CCC2. The van der Waals surface area contributed by atoms with Gasteiger partial charge in [0.1, 0.15) is 6.26 Å². The predicted octanol–water partition coefficient (Wildman–Crippen LogP) is 2.93. The Morgan fingerprint density at radius 2 is 2.35 bits per heavy atom. The van der Waals surface area contributed by atoms with Gasteiger partial charge in [0, 0.05) is 13.1 Å². The van der Waals surface area contributed by atoms with E-state index in [9.17, 15) is 4.79 Å². The quantitative estimate of drug-likeness (QED) is 0.747. The summed E-state index contributed by atoms with van der Waals surface area (Å²) < 4.78 is 4.99. The van der Waals surface area contributed by atoms with Gasteiger partial charge in [0.25, 0.3) is 5.91 Å². The molecular formula is C14H19NO2. The van der Waals surface area contributed by atoms with E-state index < -0.39 is 0 Å². The fourth-order valence-electron chi connectivity index (χ4n) is 3.29. The Labute approximate surface area is 102 Å². The third kappa shape index (κ3) is 1.68. The minimum absolute atomic E-state index is 0.136. The molecule has 1 aliphatic heterocycles. The first-order valence-corrected chi connectivity index (χ1v) is 6.53. The number of carbonyl (C=O) groups excluding carboxylic acids is 1. The molecule has 1 saturated carbocycles. The van der Waals surface area contributed by atoms with E-state index >= 15 is 0 Å². The minimum atomic E-state index is 0.136. The van der Waals surface area contributed by atoms with Gasteiger partial charge in [0.2, 0.25) is 0 Å². The second-order valence-electron chi connectivity index (χ2n) is 5.64. The zero-order valence-corrected chi connectivity index (χ0v) is 10.3. The lowest BCUT2D eigenvalue weighted by atomic mass is 9.59. The molecule has 0 bridgehead atoms. The molecule has 1 saturated heterocycles. The number of furan rings is 1. The average Bonchev–Trinajstić information content (AvgIpc) is 2.80. The fourth-order valence-corrected chi connectivity index (χ4v) is 3.29. The largest absolute Gasteiger partial charge is 0.472 e. The molecular weight excluding hydrogens is 214 g/mol. The number of hydrogen-bond donors (Lipinski definition) is 0.